The highest BCUT2D eigenvalue weighted by Crippen LogP contribution is 2.28. The summed E-state index contributed by atoms with van der Waals surface area (Å²) in [6, 6.07) is 8.43. The number of anilines is 1. The van der Waals surface area contributed by atoms with E-state index in [1.165, 1.54) is 24.3 Å². The molecule has 0 fully saturated rings. The molecule has 0 aromatic heterocycles. The molecule has 24 heavy (non-hydrogen) atoms. The van der Waals surface area contributed by atoms with Crippen molar-refractivity contribution >= 4 is 33.3 Å². The number of esters is 1. The van der Waals surface area contributed by atoms with E-state index in [2.05, 4.69) is 15.9 Å². The number of nitro benzene ring substituents is 1. The second kappa shape index (κ2) is 7.39. The fourth-order valence-corrected chi connectivity index (χ4v) is 2.37. The van der Waals surface area contributed by atoms with Gasteiger partial charge >= 0.3 is 5.97 Å². The standard InChI is InChI=1S/C16H14BrFN2O4/c1-19(2)14-6-4-10(7-15(14)20(22)23)16(21)24-9-11-3-5-12(17)8-13(11)18/h3-8H,9H2,1-2H3. The minimum atomic E-state index is -0.759. The van der Waals surface area contributed by atoms with Crippen molar-refractivity contribution in [3.8, 4) is 0 Å². The number of hydrogen-bond donors (Lipinski definition) is 0. The maximum absolute atomic E-state index is 13.7. The van der Waals surface area contributed by atoms with Gasteiger partial charge in [0.05, 0.1) is 10.5 Å². The summed E-state index contributed by atoms with van der Waals surface area (Å²) in [5, 5.41) is 11.1. The summed E-state index contributed by atoms with van der Waals surface area (Å²) in [5.74, 6) is -1.27. The summed E-state index contributed by atoms with van der Waals surface area (Å²) in [6.45, 7) is -0.263. The van der Waals surface area contributed by atoms with Crippen LogP contribution in [-0.4, -0.2) is 25.0 Å². The molecule has 0 saturated heterocycles. The van der Waals surface area contributed by atoms with Gasteiger partial charge in [-0.15, -0.1) is 0 Å². The van der Waals surface area contributed by atoms with Gasteiger partial charge in [-0.25, -0.2) is 9.18 Å². The van der Waals surface area contributed by atoms with E-state index in [1.807, 2.05) is 0 Å². The van der Waals surface area contributed by atoms with E-state index < -0.39 is 16.7 Å². The van der Waals surface area contributed by atoms with Crippen LogP contribution in [0.25, 0.3) is 0 Å². The highest BCUT2D eigenvalue weighted by atomic mass is 79.9. The Kier molecular flexibility index (Phi) is 5.50. The van der Waals surface area contributed by atoms with Crippen molar-refractivity contribution in [2.75, 3.05) is 19.0 Å². The zero-order chi connectivity index (χ0) is 17.9. The third kappa shape index (κ3) is 4.08. The Bertz CT molecular complexity index is 796. The molecule has 0 radical (unpaired) electrons. The smallest absolute Gasteiger partial charge is 0.338 e. The zero-order valence-electron chi connectivity index (χ0n) is 13.0. The van der Waals surface area contributed by atoms with Gasteiger partial charge in [-0.1, -0.05) is 22.0 Å². The molecule has 0 saturated carbocycles. The van der Waals surface area contributed by atoms with E-state index >= 15 is 0 Å². The van der Waals surface area contributed by atoms with Crippen LogP contribution >= 0.6 is 15.9 Å². The molecule has 2 rings (SSSR count). The molecule has 0 bridgehead atoms. The number of ether oxygens (including phenoxy) is 1. The quantitative estimate of drug-likeness (QED) is 0.435. The van der Waals surface area contributed by atoms with E-state index in [-0.39, 0.29) is 23.4 Å². The first kappa shape index (κ1) is 17.9. The Morgan fingerprint density at radius 1 is 1.29 bits per heavy atom. The number of carbonyl (C=O) groups excluding carboxylic acids is 1. The molecule has 126 valence electrons. The molecule has 8 heteroatoms. The van der Waals surface area contributed by atoms with Gasteiger partial charge in [0, 0.05) is 30.2 Å². The Morgan fingerprint density at radius 2 is 2.00 bits per heavy atom. The van der Waals surface area contributed by atoms with Crippen LogP contribution in [0.2, 0.25) is 0 Å². The summed E-state index contributed by atoms with van der Waals surface area (Å²) in [7, 11) is 3.33. The van der Waals surface area contributed by atoms with Gasteiger partial charge in [0.2, 0.25) is 0 Å². The first-order valence-electron chi connectivity index (χ1n) is 6.86. The lowest BCUT2D eigenvalue weighted by Gasteiger charge is -2.13. The number of carbonyl (C=O) groups is 1. The Morgan fingerprint density at radius 3 is 2.58 bits per heavy atom. The van der Waals surface area contributed by atoms with Crippen LogP contribution in [-0.2, 0) is 11.3 Å². The molecular weight excluding hydrogens is 383 g/mol. The van der Waals surface area contributed by atoms with Crippen LogP contribution in [0.3, 0.4) is 0 Å². The summed E-state index contributed by atoms with van der Waals surface area (Å²) in [4.78, 5) is 24.2. The molecule has 2 aromatic rings. The topological polar surface area (TPSA) is 72.7 Å². The predicted molar refractivity (Wildman–Crippen MR) is 90.6 cm³/mol. The summed E-state index contributed by atoms with van der Waals surface area (Å²) < 4.78 is 19.3. The van der Waals surface area contributed by atoms with Gasteiger partial charge in [0.15, 0.2) is 0 Å². The van der Waals surface area contributed by atoms with E-state index in [0.29, 0.717) is 10.2 Å². The van der Waals surface area contributed by atoms with Crippen molar-refractivity contribution in [2.45, 2.75) is 6.61 Å². The van der Waals surface area contributed by atoms with Crippen LogP contribution in [0, 0.1) is 15.9 Å². The Labute approximate surface area is 146 Å². The fourth-order valence-electron chi connectivity index (χ4n) is 2.04. The fraction of sp³-hybridized carbons (Fsp3) is 0.188. The highest BCUT2D eigenvalue weighted by molar-refractivity contribution is 9.10. The van der Waals surface area contributed by atoms with E-state index in [1.54, 1.807) is 25.1 Å². The average Bonchev–Trinajstić information content (AvgIpc) is 2.53. The van der Waals surface area contributed by atoms with Crippen molar-refractivity contribution in [3.63, 3.8) is 0 Å². The van der Waals surface area contributed by atoms with E-state index in [0.717, 1.165) is 6.07 Å². The van der Waals surface area contributed by atoms with Gasteiger partial charge < -0.3 is 9.64 Å². The zero-order valence-corrected chi connectivity index (χ0v) is 14.5. The van der Waals surface area contributed by atoms with Crippen LogP contribution in [0.5, 0.6) is 0 Å². The second-order valence-corrected chi connectivity index (χ2v) is 6.08. The molecule has 0 aliphatic rings. The number of hydrogen-bond acceptors (Lipinski definition) is 5. The first-order chi connectivity index (χ1) is 11.3. The van der Waals surface area contributed by atoms with E-state index in [9.17, 15) is 19.3 Å². The molecule has 0 amide bonds. The summed E-state index contributed by atoms with van der Waals surface area (Å²) in [5.41, 5.74) is 0.413. The van der Waals surface area contributed by atoms with Gasteiger partial charge in [-0.3, -0.25) is 10.1 Å². The molecule has 0 unspecified atom stereocenters. The van der Waals surface area contributed by atoms with Crippen LogP contribution in [0.1, 0.15) is 15.9 Å². The van der Waals surface area contributed by atoms with Crippen molar-refractivity contribution < 1.29 is 18.8 Å². The minimum Gasteiger partial charge on any atom is -0.457 e. The van der Waals surface area contributed by atoms with Gasteiger partial charge in [-0.05, 0) is 24.3 Å². The third-order valence-corrected chi connectivity index (χ3v) is 3.76. The molecule has 0 spiro atoms. The van der Waals surface area contributed by atoms with Gasteiger partial charge in [0.1, 0.15) is 18.1 Å². The SMILES string of the molecule is CN(C)c1ccc(C(=O)OCc2ccc(Br)cc2F)cc1[N+](=O)[O-]. The molecule has 0 aliphatic heterocycles. The number of halogens is 2. The molecule has 0 atom stereocenters. The maximum Gasteiger partial charge on any atom is 0.338 e. The molecule has 2 aromatic carbocycles. The molecule has 0 aliphatic carbocycles. The number of nitro groups is 1. The highest BCUT2D eigenvalue weighted by Gasteiger charge is 2.19. The molecule has 0 N–H and O–H groups in total. The van der Waals surface area contributed by atoms with Gasteiger partial charge in [-0.2, -0.15) is 0 Å². The lowest BCUT2D eigenvalue weighted by molar-refractivity contribution is -0.384. The Hall–Kier alpha value is -2.48. The number of nitrogens with zero attached hydrogens (tertiary/aromatic N) is 2. The average molecular weight is 397 g/mol. The van der Waals surface area contributed by atoms with Gasteiger partial charge in [0.25, 0.3) is 5.69 Å². The van der Waals surface area contributed by atoms with Crippen LogP contribution in [0.15, 0.2) is 40.9 Å². The lowest BCUT2D eigenvalue weighted by Crippen LogP contribution is -2.12. The number of rotatable bonds is 5. The summed E-state index contributed by atoms with van der Waals surface area (Å²) >= 11 is 3.14. The lowest BCUT2D eigenvalue weighted by atomic mass is 10.1. The van der Waals surface area contributed by atoms with Crippen molar-refractivity contribution in [2.24, 2.45) is 0 Å². The minimum absolute atomic E-state index is 0.0322. The van der Waals surface area contributed by atoms with E-state index in [4.69, 9.17) is 4.74 Å². The molecule has 6 nitrogen and oxygen atoms in total. The number of benzene rings is 2. The van der Waals surface area contributed by atoms with Crippen LogP contribution < -0.4 is 4.90 Å². The normalized spacial score (nSPS) is 10.3. The second-order valence-electron chi connectivity index (χ2n) is 5.17. The Balaban J connectivity index is 2.18. The maximum atomic E-state index is 13.7. The monoisotopic (exact) mass is 396 g/mol. The predicted octanol–water partition coefficient (Wildman–Crippen LogP) is 3.92. The first-order valence-corrected chi connectivity index (χ1v) is 7.65. The van der Waals surface area contributed by atoms with Crippen LogP contribution in [0.4, 0.5) is 15.8 Å². The summed E-state index contributed by atoms with van der Waals surface area (Å²) in [6.07, 6.45) is 0. The largest absolute Gasteiger partial charge is 0.457 e. The van der Waals surface area contributed by atoms with Crippen molar-refractivity contribution in [1.29, 1.82) is 0 Å². The molecule has 0 heterocycles. The third-order valence-electron chi connectivity index (χ3n) is 3.26. The molecular formula is C16H14BrFN2O4. The van der Waals surface area contributed by atoms with Crippen molar-refractivity contribution in [3.05, 3.63) is 67.9 Å². The van der Waals surface area contributed by atoms with Crippen molar-refractivity contribution in [1.82, 2.24) is 0 Å².